The van der Waals surface area contributed by atoms with Gasteiger partial charge in [-0.05, 0) is 26.0 Å². The van der Waals surface area contributed by atoms with Gasteiger partial charge in [0.2, 0.25) is 11.8 Å². The van der Waals surface area contributed by atoms with Crippen LogP contribution in [0.1, 0.15) is 16.4 Å². The number of rotatable bonds is 9. The lowest BCUT2D eigenvalue weighted by Crippen LogP contribution is -2.18. The van der Waals surface area contributed by atoms with E-state index in [1.807, 2.05) is 13.8 Å². The van der Waals surface area contributed by atoms with E-state index in [2.05, 4.69) is 32.4 Å². The number of carbonyl (C=O) groups excluding carboxylic acids is 2. The molecule has 3 rings (SSSR count). The van der Waals surface area contributed by atoms with Crippen molar-refractivity contribution >= 4 is 45.7 Å². The van der Waals surface area contributed by atoms with Gasteiger partial charge in [-0.3, -0.25) is 9.59 Å². The fourth-order valence-corrected chi connectivity index (χ4v) is 4.18. The molecule has 2 N–H and O–H groups in total. The van der Waals surface area contributed by atoms with E-state index in [0.717, 1.165) is 10.6 Å². The first-order valence-corrected chi connectivity index (χ1v) is 11.1. The minimum absolute atomic E-state index is 0.0976. The topological polar surface area (TPSA) is 102 Å². The average Bonchev–Trinajstić information content (AvgIpc) is 3.24. The number of amides is 2. The molecule has 0 fully saturated rings. The van der Waals surface area contributed by atoms with Crippen LogP contribution in [0.5, 0.6) is 0 Å². The number of nitrogens with zero attached hydrogens (tertiary/aromatic N) is 4. The largest absolute Gasteiger partial charge is 0.323 e. The standard InChI is InChI=1S/C20H21FN6O2S2/c1-4-9-27-16(10-17(28)23-15-8-6-5-7-14(15)21)25-26-20(27)30-11-18(29)24-19-22-12(2)13(3)31-19/h4-8H,1,9-11H2,2-3H3,(H,23,28)(H,22,24,29). The summed E-state index contributed by atoms with van der Waals surface area (Å²) in [7, 11) is 0. The van der Waals surface area contributed by atoms with Crippen molar-refractivity contribution in [1.82, 2.24) is 19.7 Å². The Labute approximate surface area is 187 Å². The van der Waals surface area contributed by atoms with Gasteiger partial charge in [0.1, 0.15) is 11.6 Å². The van der Waals surface area contributed by atoms with E-state index in [1.165, 1.54) is 35.2 Å². The Balaban J connectivity index is 1.62. The lowest BCUT2D eigenvalue weighted by molar-refractivity contribution is -0.116. The van der Waals surface area contributed by atoms with Crippen molar-refractivity contribution < 1.29 is 14.0 Å². The number of hydrogen-bond acceptors (Lipinski definition) is 7. The summed E-state index contributed by atoms with van der Waals surface area (Å²) >= 11 is 2.61. The van der Waals surface area contributed by atoms with Crippen molar-refractivity contribution in [3.05, 3.63) is 59.1 Å². The summed E-state index contributed by atoms with van der Waals surface area (Å²) in [5.41, 5.74) is 0.984. The molecule has 0 saturated heterocycles. The summed E-state index contributed by atoms with van der Waals surface area (Å²) in [6, 6.07) is 5.92. The first-order chi connectivity index (χ1) is 14.9. The normalized spacial score (nSPS) is 10.7. The summed E-state index contributed by atoms with van der Waals surface area (Å²) in [4.78, 5) is 29.9. The predicted octanol–water partition coefficient (Wildman–Crippen LogP) is 3.59. The summed E-state index contributed by atoms with van der Waals surface area (Å²) in [5, 5.41) is 14.5. The van der Waals surface area contributed by atoms with E-state index in [1.54, 1.807) is 22.8 Å². The van der Waals surface area contributed by atoms with Gasteiger partial charge in [0, 0.05) is 11.4 Å². The monoisotopic (exact) mass is 460 g/mol. The van der Waals surface area contributed by atoms with Crippen LogP contribution in [0.25, 0.3) is 0 Å². The minimum Gasteiger partial charge on any atom is -0.323 e. The molecular formula is C20H21FN6O2S2. The van der Waals surface area contributed by atoms with Crippen molar-refractivity contribution in [2.24, 2.45) is 0 Å². The van der Waals surface area contributed by atoms with Crippen molar-refractivity contribution in [3.63, 3.8) is 0 Å². The summed E-state index contributed by atoms with van der Waals surface area (Å²) in [6.45, 7) is 7.91. The highest BCUT2D eigenvalue weighted by atomic mass is 32.2. The van der Waals surface area contributed by atoms with Crippen LogP contribution < -0.4 is 10.6 Å². The highest BCUT2D eigenvalue weighted by Crippen LogP contribution is 2.22. The zero-order valence-electron chi connectivity index (χ0n) is 17.0. The fraction of sp³-hybridized carbons (Fsp3) is 0.250. The van der Waals surface area contributed by atoms with Crippen LogP contribution in [0.3, 0.4) is 0 Å². The molecule has 0 aliphatic rings. The van der Waals surface area contributed by atoms with E-state index in [9.17, 15) is 14.0 Å². The van der Waals surface area contributed by atoms with Gasteiger partial charge in [-0.15, -0.1) is 28.1 Å². The first kappa shape index (κ1) is 22.6. The van der Waals surface area contributed by atoms with Crippen LogP contribution in [-0.2, 0) is 22.6 Å². The maximum absolute atomic E-state index is 13.7. The molecule has 11 heteroatoms. The Kier molecular flexibility index (Phi) is 7.53. The highest BCUT2D eigenvalue weighted by molar-refractivity contribution is 7.99. The second kappa shape index (κ2) is 10.3. The summed E-state index contributed by atoms with van der Waals surface area (Å²) in [5.74, 6) is -0.662. The molecule has 0 radical (unpaired) electrons. The number of nitrogens with one attached hydrogen (secondary N) is 2. The summed E-state index contributed by atoms with van der Waals surface area (Å²) in [6.07, 6.45) is 1.55. The smallest absolute Gasteiger partial charge is 0.236 e. The number of carbonyl (C=O) groups is 2. The van der Waals surface area contributed by atoms with Crippen molar-refractivity contribution in [1.29, 1.82) is 0 Å². The molecule has 2 amide bonds. The highest BCUT2D eigenvalue weighted by Gasteiger charge is 2.17. The van der Waals surface area contributed by atoms with E-state index < -0.39 is 11.7 Å². The van der Waals surface area contributed by atoms with Crippen molar-refractivity contribution in [2.75, 3.05) is 16.4 Å². The first-order valence-electron chi connectivity index (χ1n) is 9.31. The summed E-state index contributed by atoms with van der Waals surface area (Å²) < 4.78 is 15.4. The number of aryl methyl sites for hydroxylation is 2. The zero-order chi connectivity index (χ0) is 22.4. The molecule has 0 atom stereocenters. The molecule has 2 aromatic heterocycles. The number of hydrogen-bond donors (Lipinski definition) is 2. The molecule has 2 heterocycles. The molecule has 0 saturated carbocycles. The van der Waals surface area contributed by atoms with Crippen LogP contribution in [-0.4, -0.2) is 37.3 Å². The third-order valence-electron chi connectivity index (χ3n) is 4.18. The van der Waals surface area contributed by atoms with Crippen LogP contribution in [0, 0.1) is 19.7 Å². The van der Waals surface area contributed by atoms with Crippen LogP contribution in [0.4, 0.5) is 15.2 Å². The van der Waals surface area contributed by atoms with Gasteiger partial charge in [-0.1, -0.05) is 30.0 Å². The maximum atomic E-state index is 13.7. The minimum atomic E-state index is -0.517. The van der Waals surface area contributed by atoms with Gasteiger partial charge in [-0.25, -0.2) is 9.37 Å². The van der Waals surface area contributed by atoms with E-state index in [-0.39, 0.29) is 23.8 Å². The Hall–Kier alpha value is -3.05. The molecule has 31 heavy (non-hydrogen) atoms. The average molecular weight is 461 g/mol. The lowest BCUT2D eigenvalue weighted by Gasteiger charge is -2.09. The molecule has 162 valence electrons. The molecule has 8 nitrogen and oxygen atoms in total. The lowest BCUT2D eigenvalue weighted by atomic mass is 10.3. The molecule has 0 spiro atoms. The second-order valence-electron chi connectivity index (χ2n) is 6.50. The molecule has 0 aliphatic carbocycles. The van der Waals surface area contributed by atoms with Gasteiger partial charge in [0.05, 0.1) is 23.6 Å². The number of para-hydroxylation sites is 1. The molecule has 0 aliphatic heterocycles. The van der Waals surface area contributed by atoms with E-state index in [4.69, 9.17) is 0 Å². The third-order valence-corrected chi connectivity index (χ3v) is 6.13. The number of anilines is 2. The van der Waals surface area contributed by atoms with Gasteiger partial charge >= 0.3 is 0 Å². The number of halogens is 1. The zero-order valence-corrected chi connectivity index (χ0v) is 18.6. The Morgan fingerprint density at radius 1 is 1.23 bits per heavy atom. The number of aromatic nitrogens is 4. The van der Waals surface area contributed by atoms with Crippen molar-refractivity contribution in [3.8, 4) is 0 Å². The number of benzene rings is 1. The number of allylic oxidation sites excluding steroid dienone is 1. The predicted molar refractivity (Wildman–Crippen MR) is 120 cm³/mol. The number of thioether (sulfide) groups is 1. The van der Waals surface area contributed by atoms with Gasteiger partial charge < -0.3 is 15.2 Å². The van der Waals surface area contributed by atoms with Crippen LogP contribution in [0.15, 0.2) is 42.1 Å². The fourth-order valence-electron chi connectivity index (χ4n) is 2.58. The number of thiazole rings is 1. The van der Waals surface area contributed by atoms with E-state index >= 15 is 0 Å². The molecule has 0 bridgehead atoms. The second-order valence-corrected chi connectivity index (χ2v) is 8.65. The van der Waals surface area contributed by atoms with E-state index in [0.29, 0.717) is 22.7 Å². The Morgan fingerprint density at radius 2 is 2.00 bits per heavy atom. The van der Waals surface area contributed by atoms with Gasteiger partial charge in [0.25, 0.3) is 0 Å². The molecule has 1 aromatic carbocycles. The molecular weight excluding hydrogens is 439 g/mol. The quantitative estimate of drug-likeness (QED) is 0.374. The van der Waals surface area contributed by atoms with Gasteiger partial charge in [-0.2, -0.15) is 0 Å². The van der Waals surface area contributed by atoms with Gasteiger partial charge in [0.15, 0.2) is 10.3 Å². The molecule has 0 unspecified atom stereocenters. The van der Waals surface area contributed by atoms with Crippen molar-refractivity contribution in [2.45, 2.75) is 32.0 Å². The van der Waals surface area contributed by atoms with Crippen LogP contribution >= 0.6 is 23.1 Å². The Morgan fingerprint density at radius 3 is 2.68 bits per heavy atom. The van der Waals surface area contributed by atoms with Crippen LogP contribution in [0.2, 0.25) is 0 Å². The SMILES string of the molecule is C=CCn1c(CC(=O)Nc2ccccc2F)nnc1SCC(=O)Nc1nc(C)c(C)s1. The molecule has 3 aromatic rings. The third kappa shape index (κ3) is 5.98. The maximum Gasteiger partial charge on any atom is 0.236 e. The Bertz CT molecular complexity index is 1090.